The molecular weight excluding hydrogens is 185 g/mol. The molecular formula is C10H14FNO2. The Morgan fingerprint density at radius 2 is 2.36 bits per heavy atom. The van der Waals surface area contributed by atoms with Crippen LogP contribution in [0.5, 0.6) is 0 Å². The highest BCUT2D eigenvalue weighted by Crippen LogP contribution is 2.62. The Bertz CT molecular complexity index is 308. The van der Waals surface area contributed by atoms with E-state index < -0.39 is 11.7 Å². The van der Waals surface area contributed by atoms with Gasteiger partial charge in [-0.2, -0.15) is 0 Å². The highest BCUT2D eigenvalue weighted by Gasteiger charge is 2.67. The van der Waals surface area contributed by atoms with Crippen molar-refractivity contribution in [2.75, 3.05) is 13.2 Å². The second-order valence-corrected chi connectivity index (χ2v) is 5.07. The predicted molar refractivity (Wildman–Crippen MR) is 47.3 cm³/mol. The quantitative estimate of drug-likeness (QED) is 0.667. The van der Waals surface area contributed by atoms with Crippen LogP contribution in [0.1, 0.15) is 25.7 Å². The molecule has 0 aromatic heterocycles. The minimum absolute atomic E-state index is 0.00674. The molecule has 3 nitrogen and oxygen atoms in total. The molecule has 1 spiro atoms. The number of nitrogens with zero attached hydrogens (tertiary/aromatic N) is 1. The Morgan fingerprint density at radius 1 is 1.64 bits per heavy atom. The summed E-state index contributed by atoms with van der Waals surface area (Å²) in [6.07, 6.45) is 1.73. The highest BCUT2D eigenvalue weighted by molar-refractivity contribution is 5.80. The van der Waals surface area contributed by atoms with Gasteiger partial charge in [-0.15, -0.1) is 0 Å². The van der Waals surface area contributed by atoms with Gasteiger partial charge < -0.3 is 10.0 Å². The zero-order valence-electron chi connectivity index (χ0n) is 8.00. The molecule has 1 amide bonds. The van der Waals surface area contributed by atoms with Gasteiger partial charge in [0.1, 0.15) is 6.17 Å². The minimum Gasteiger partial charge on any atom is -0.394 e. The van der Waals surface area contributed by atoms with Gasteiger partial charge in [-0.3, -0.25) is 4.79 Å². The number of aliphatic hydroxyl groups is 1. The van der Waals surface area contributed by atoms with E-state index in [0.717, 1.165) is 0 Å². The van der Waals surface area contributed by atoms with Gasteiger partial charge in [0.05, 0.1) is 12.1 Å². The molecule has 14 heavy (non-hydrogen) atoms. The van der Waals surface area contributed by atoms with Gasteiger partial charge >= 0.3 is 0 Å². The number of alkyl halides is 1. The molecule has 3 aliphatic rings. The van der Waals surface area contributed by atoms with Crippen molar-refractivity contribution >= 4 is 5.91 Å². The first kappa shape index (κ1) is 8.65. The van der Waals surface area contributed by atoms with Crippen LogP contribution in [0.2, 0.25) is 0 Å². The standard InChI is InChI=1S/C10H14FNO2/c11-7-3-9(7)4-10(6-13)2-1-8(14)12(10)5-9/h7,13H,1-6H2/t7-,9-,10+/m1/s1. The molecule has 3 atom stereocenters. The maximum atomic E-state index is 13.2. The van der Waals surface area contributed by atoms with Crippen molar-refractivity contribution in [3.8, 4) is 0 Å². The van der Waals surface area contributed by atoms with Gasteiger partial charge in [0.25, 0.3) is 0 Å². The lowest BCUT2D eigenvalue weighted by Crippen LogP contribution is -2.43. The summed E-state index contributed by atoms with van der Waals surface area (Å²) in [5.41, 5.74) is -0.684. The topological polar surface area (TPSA) is 40.5 Å². The molecule has 3 rings (SSSR count). The van der Waals surface area contributed by atoms with Gasteiger partial charge in [0.15, 0.2) is 0 Å². The molecule has 1 saturated carbocycles. The maximum absolute atomic E-state index is 13.2. The van der Waals surface area contributed by atoms with E-state index in [2.05, 4.69) is 0 Å². The Morgan fingerprint density at radius 3 is 2.86 bits per heavy atom. The molecule has 0 radical (unpaired) electrons. The first-order valence-electron chi connectivity index (χ1n) is 5.17. The lowest BCUT2D eigenvalue weighted by Gasteiger charge is -2.29. The summed E-state index contributed by atoms with van der Waals surface area (Å²) in [5, 5.41) is 9.37. The zero-order valence-corrected chi connectivity index (χ0v) is 8.00. The molecule has 0 unspecified atom stereocenters. The van der Waals surface area contributed by atoms with E-state index in [1.54, 1.807) is 4.90 Å². The lowest BCUT2D eigenvalue weighted by molar-refractivity contribution is -0.130. The third kappa shape index (κ3) is 0.829. The molecule has 0 bridgehead atoms. The van der Waals surface area contributed by atoms with Crippen molar-refractivity contribution in [2.24, 2.45) is 5.41 Å². The smallest absolute Gasteiger partial charge is 0.223 e. The van der Waals surface area contributed by atoms with Crippen LogP contribution in [0.25, 0.3) is 0 Å². The van der Waals surface area contributed by atoms with Gasteiger partial charge in [-0.05, 0) is 19.3 Å². The van der Waals surface area contributed by atoms with Crippen LogP contribution in [-0.4, -0.2) is 40.8 Å². The molecule has 2 heterocycles. The maximum Gasteiger partial charge on any atom is 0.223 e. The number of hydrogen-bond acceptors (Lipinski definition) is 2. The SMILES string of the molecule is O=C1CC[C@@]2(CO)C[C@]3(C[C@H]3F)CN12. The van der Waals surface area contributed by atoms with E-state index in [0.29, 0.717) is 32.2 Å². The second kappa shape index (κ2) is 2.30. The zero-order chi connectivity index (χ0) is 9.97. The number of hydrogen-bond donors (Lipinski definition) is 1. The fraction of sp³-hybridized carbons (Fsp3) is 0.900. The summed E-state index contributed by atoms with van der Waals surface area (Å²) < 4.78 is 13.2. The highest BCUT2D eigenvalue weighted by atomic mass is 19.1. The van der Waals surface area contributed by atoms with Crippen molar-refractivity contribution in [1.82, 2.24) is 4.90 Å². The summed E-state index contributed by atoms with van der Waals surface area (Å²) in [4.78, 5) is 13.3. The van der Waals surface area contributed by atoms with Gasteiger partial charge in [-0.25, -0.2) is 4.39 Å². The van der Waals surface area contributed by atoms with E-state index in [-0.39, 0.29) is 17.9 Å². The number of carbonyl (C=O) groups is 1. The first-order valence-corrected chi connectivity index (χ1v) is 5.17. The van der Waals surface area contributed by atoms with Crippen LogP contribution in [0.4, 0.5) is 4.39 Å². The Hall–Kier alpha value is -0.640. The van der Waals surface area contributed by atoms with Crippen molar-refractivity contribution in [3.05, 3.63) is 0 Å². The van der Waals surface area contributed by atoms with E-state index in [1.807, 2.05) is 0 Å². The molecule has 1 aliphatic carbocycles. The molecule has 4 heteroatoms. The van der Waals surface area contributed by atoms with Crippen LogP contribution >= 0.6 is 0 Å². The number of rotatable bonds is 1. The van der Waals surface area contributed by atoms with Gasteiger partial charge in [0, 0.05) is 18.4 Å². The van der Waals surface area contributed by atoms with E-state index in [4.69, 9.17) is 0 Å². The summed E-state index contributed by atoms with van der Waals surface area (Å²) in [6, 6.07) is 0. The summed E-state index contributed by atoms with van der Waals surface area (Å²) in [6.45, 7) is 0.529. The van der Waals surface area contributed by atoms with Crippen molar-refractivity contribution < 1.29 is 14.3 Å². The molecule has 3 fully saturated rings. The molecule has 78 valence electrons. The Balaban J connectivity index is 1.92. The predicted octanol–water partition coefficient (Wildman–Crippen LogP) is 0.472. The molecule has 2 aliphatic heterocycles. The van der Waals surface area contributed by atoms with E-state index in [9.17, 15) is 14.3 Å². The van der Waals surface area contributed by atoms with E-state index in [1.165, 1.54) is 0 Å². The van der Waals surface area contributed by atoms with Crippen molar-refractivity contribution in [3.63, 3.8) is 0 Å². The lowest BCUT2D eigenvalue weighted by atomic mass is 9.89. The van der Waals surface area contributed by atoms with E-state index >= 15 is 0 Å². The first-order chi connectivity index (χ1) is 6.62. The Labute approximate surface area is 81.9 Å². The second-order valence-electron chi connectivity index (χ2n) is 5.07. The summed E-state index contributed by atoms with van der Waals surface area (Å²) >= 11 is 0. The molecule has 0 aromatic carbocycles. The Kier molecular flexibility index (Phi) is 1.42. The minimum atomic E-state index is -0.746. The monoisotopic (exact) mass is 199 g/mol. The summed E-state index contributed by atoms with van der Waals surface area (Å²) in [5.74, 6) is 0.0926. The normalized spacial score (nSPS) is 50.3. The molecule has 1 N–H and O–H groups in total. The van der Waals surface area contributed by atoms with Crippen molar-refractivity contribution in [1.29, 1.82) is 0 Å². The molecule has 2 saturated heterocycles. The van der Waals surface area contributed by atoms with Crippen LogP contribution < -0.4 is 0 Å². The number of carbonyl (C=O) groups excluding carboxylic acids is 1. The number of halogens is 1. The van der Waals surface area contributed by atoms with Gasteiger partial charge in [-0.1, -0.05) is 0 Å². The number of fused-ring (bicyclic) bond motifs is 1. The van der Waals surface area contributed by atoms with Crippen LogP contribution in [0, 0.1) is 5.41 Å². The summed E-state index contributed by atoms with van der Waals surface area (Å²) in [7, 11) is 0. The third-order valence-corrected chi connectivity index (χ3v) is 4.22. The van der Waals surface area contributed by atoms with Gasteiger partial charge in [0.2, 0.25) is 5.91 Å². The average molecular weight is 199 g/mol. The van der Waals surface area contributed by atoms with Crippen LogP contribution in [0.3, 0.4) is 0 Å². The van der Waals surface area contributed by atoms with Crippen molar-refractivity contribution in [2.45, 2.75) is 37.4 Å². The fourth-order valence-electron chi connectivity index (χ4n) is 3.20. The van der Waals surface area contributed by atoms with Crippen LogP contribution in [-0.2, 0) is 4.79 Å². The number of amides is 1. The third-order valence-electron chi connectivity index (χ3n) is 4.22. The largest absolute Gasteiger partial charge is 0.394 e. The number of aliphatic hydroxyl groups excluding tert-OH is 1. The molecule has 0 aromatic rings. The average Bonchev–Trinajstić information content (AvgIpc) is 2.55. The fourth-order valence-corrected chi connectivity index (χ4v) is 3.20. The van der Waals surface area contributed by atoms with Crippen LogP contribution in [0.15, 0.2) is 0 Å².